The third-order valence-electron chi connectivity index (χ3n) is 6.59. The Morgan fingerprint density at radius 2 is 2.03 bits per heavy atom. The van der Waals surface area contributed by atoms with E-state index in [2.05, 4.69) is 15.0 Å². The molecular weight excluding hydrogens is 513 g/mol. The van der Waals surface area contributed by atoms with Gasteiger partial charge in [-0.25, -0.2) is 28.1 Å². The average Bonchev–Trinajstić information content (AvgIpc) is 3.22. The molecule has 3 N–H and O–H groups in total. The fraction of sp³-hybridized carbons (Fsp3) is 0.542. The molecule has 9 nitrogen and oxygen atoms in total. The van der Waals surface area contributed by atoms with Crippen molar-refractivity contribution >= 4 is 34.5 Å². The summed E-state index contributed by atoms with van der Waals surface area (Å²) >= 11 is 6.19. The Kier molecular flexibility index (Phi) is 6.94. The van der Waals surface area contributed by atoms with Crippen LogP contribution in [0.15, 0.2) is 18.3 Å². The van der Waals surface area contributed by atoms with E-state index in [4.69, 9.17) is 31.9 Å². The molecule has 3 aliphatic rings. The number of aliphatic hydroxyl groups is 1. The number of alkyl halides is 2. The number of nitrogens with two attached hydrogens (primary N) is 1. The highest BCUT2D eigenvalue weighted by atomic mass is 35.5. The molecule has 3 aromatic rings. The molecule has 3 atom stereocenters. The Hall–Kier alpha value is -2.67. The fourth-order valence-electron chi connectivity index (χ4n) is 4.79. The first-order chi connectivity index (χ1) is 17.6. The summed E-state index contributed by atoms with van der Waals surface area (Å²) in [7, 11) is 0. The summed E-state index contributed by atoms with van der Waals surface area (Å²) in [5.41, 5.74) is 6.88. The molecule has 4 heterocycles. The maximum absolute atomic E-state index is 15.1. The van der Waals surface area contributed by atoms with Crippen molar-refractivity contribution < 1.29 is 27.8 Å². The lowest BCUT2D eigenvalue weighted by Gasteiger charge is -2.28. The van der Waals surface area contributed by atoms with E-state index >= 15 is 4.39 Å². The summed E-state index contributed by atoms with van der Waals surface area (Å²) in [6, 6.07) is 1.68. The number of aromatic nitrogens is 4. The summed E-state index contributed by atoms with van der Waals surface area (Å²) in [4.78, 5) is 13.9. The summed E-state index contributed by atoms with van der Waals surface area (Å²) in [5, 5.41) is 9.00. The maximum atomic E-state index is 15.1. The summed E-state index contributed by atoms with van der Waals surface area (Å²) in [6.07, 6.45) is 1.93. The highest BCUT2D eigenvalue weighted by Gasteiger charge is 2.74. The van der Waals surface area contributed by atoms with Crippen LogP contribution in [0, 0.1) is 5.82 Å². The van der Waals surface area contributed by atoms with Gasteiger partial charge in [0.2, 0.25) is 11.9 Å². The average molecular weight is 541 g/mol. The van der Waals surface area contributed by atoms with Gasteiger partial charge in [-0.05, 0) is 38.8 Å². The van der Waals surface area contributed by atoms with Gasteiger partial charge in [-0.15, -0.1) is 0 Å². The molecule has 1 saturated carbocycles. The number of ether oxygens (including phenoxy) is 2. The van der Waals surface area contributed by atoms with Crippen molar-refractivity contribution in [3.05, 3.63) is 29.2 Å². The van der Waals surface area contributed by atoms with Gasteiger partial charge in [-0.3, -0.25) is 0 Å². The van der Waals surface area contributed by atoms with Crippen LogP contribution in [0.25, 0.3) is 22.3 Å². The molecule has 0 spiro atoms. The molecule has 2 aliphatic heterocycles. The Morgan fingerprint density at radius 1 is 1.24 bits per heavy atom. The molecule has 200 valence electrons. The van der Waals surface area contributed by atoms with Crippen LogP contribution >= 0.6 is 11.6 Å². The summed E-state index contributed by atoms with van der Waals surface area (Å²) in [6.45, 7) is 5.54. The van der Waals surface area contributed by atoms with Gasteiger partial charge in [0, 0.05) is 24.8 Å². The minimum Gasteiger partial charge on any atom is -0.391 e. The highest BCUT2D eigenvalue weighted by Crippen LogP contribution is 2.51. The lowest BCUT2D eigenvalue weighted by atomic mass is 10.1. The van der Waals surface area contributed by atoms with Crippen LogP contribution < -0.4 is 10.6 Å². The zero-order chi connectivity index (χ0) is 26.5. The molecule has 2 saturated heterocycles. The first-order valence-corrected chi connectivity index (χ1v) is 12.5. The normalized spacial score (nSPS) is 24.5. The quantitative estimate of drug-likeness (QED) is 0.515. The topological polar surface area (TPSA) is 112 Å². The van der Waals surface area contributed by atoms with E-state index in [1.807, 2.05) is 13.8 Å². The molecule has 3 fully saturated rings. The van der Waals surface area contributed by atoms with E-state index in [1.165, 1.54) is 17.2 Å². The molecular formula is C24H28ClF3N6O3. The second-order valence-corrected chi connectivity index (χ2v) is 10.0. The zero-order valence-corrected chi connectivity index (χ0v) is 21.1. The smallest absolute Gasteiger partial charge is 0.298 e. The van der Waals surface area contributed by atoms with Crippen molar-refractivity contribution in [2.24, 2.45) is 0 Å². The lowest BCUT2D eigenvalue weighted by molar-refractivity contribution is -0.00535. The van der Waals surface area contributed by atoms with Crippen LogP contribution in [-0.4, -0.2) is 75.2 Å². The maximum Gasteiger partial charge on any atom is 0.298 e. The molecule has 37 heavy (non-hydrogen) atoms. The molecule has 1 aliphatic carbocycles. The highest BCUT2D eigenvalue weighted by molar-refractivity contribution is 6.33. The van der Waals surface area contributed by atoms with Gasteiger partial charge in [-0.1, -0.05) is 11.6 Å². The number of morpholine rings is 1. The molecule has 0 bridgehead atoms. The van der Waals surface area contributed by atoms with Crippen LogP contribution in [0.3, 0.4) is 0 Å². The molecule has 13 heteroatoms. The predicted molar refractivity (Wildman–Crippen MR) is 132 cm³/mol. The molecule has 3 unspecified atom stereocenters. The molecule has 0 radical (unpaired) electrons. The Labute approximate surface area is 216 Å². The number of hydrogen-bond donors (Lipinski definition) is 2. The second kappa shape index (κ2) is 9.90. The van der Waals surface area contributed by atoms with Gasteiger partial charge < -0.3 is 29.8 Å². The standard InChI is InChI=1S/C19H18ClF3N6O.C5H10O2/c1-8(2)29-12-6-9(13-10(20)7-25-17(24)26-13)5-11(21)14(12)27-18(29)28-3-4-30-16-15(28)19(16,22)23;6-5-2-1-3-7-4-5/h5-8,15-16H,3-4H2,1-2H3,(H2,24,25,26);5-6H,1-4H2. The van der Waals surface area contributed by atoms with Crippen LogP contribution in [0.5, 0.6) is 0 Å². The van der Waals surface area contributed by atoms with E-state index < -0.39 is 23.9 Å². The van der Waals surface area contributed by atoms with Gasteiger partial charge in [-0.2, -0.15) is 0 Å². The number of nitrogen functional groups attached to an aromatic ring is 1. The van der Waals surface area contributed by atoms with Gasteiger partial charge >= 0.3 is 0 Å². The van der Waals surface area contributed by atoms with E-state index in [0.29, 0.717) is 23.6 Å². The Bertz CT molecular complexity index is 1300. The lowest BCUT2D eigenvalue weighted by Crippen LogP contribution is -2.39. The van der Waals surface area contributed by atoms with Crippen LogP contribution in [0.4, 0.5) is 25.1 Å². The first-order valence-electron chi connectivity index (χ1n) is 12.1. The number of benzene rings is 1. The fourth-order valence-corrected chi connectivity index (χ4v) is 4.99. The summed E-state index contributed by atoms with van der Waals surface area (Å²) in [5.74, 6) is -3.27. The number of rotatable bonds is 3. The number of aliphatic hydroxyl groups excluding tert-OH is 1. The van der Waals surface area contributed by atoms with Gasteiger partial charge in [0.15, 0.2) is 5.82 Å². The van der Waals surface area contributed by atoms with Gasteiger partial charge in [0.25, 0.3) is 5.92 Å². The number of imidazole rings is 1. The number of nitrogens with zero attached hydrogens (tertiary/aromatic N) is 5. The van der Waals surface area contributed by atoms with Crippen molar-refractivity contribution in [2.45, 2.75) is 56.9 Å². The van der Waals surface area contributed by atoms with Crippen LogP contribution in [0.1, 0.15) is 32.7 Å². The minimum atomic E-state index is -2.95. The first kappa shape index (κ1) is 26.0. The van der Waals surface area contributed by atoms with Crippen molar-refractivity contribution in [1.29, 1.82) is 0 Å². The second-order valence-electron chi connectivity index (χ2n) is 9.60. The third kappa shape index (κ3) is 4.83. The van der Waals surface area contributed by atoms with Crippen molar-refractivity contribution in [3.8, 4) is 11.3 Å². The van der Waals surface area contributed by atoms with Crippen molar-refractivity contribution in [1.82, 2.24) is 19.5 Å². The van der Waals surface area contributed by atoms with E-state index in [-0.39, 0.29) is 47.5 Å². The van der Waals surface area contributed by atoms with Crippen molar-refractivity contribution in [2.75, 3.05) is 37.0 Å². The predicted octanol–water partition coefficient (Wildman–Crippen LogP) is 3.83. The Morgan fingerprint density at radius 3 is 2.68 bits per heavy atom. The molecule has 2 aromatic heterocycles. The zero-order valence-electron chi connectivity index (χ0n) is 20.4. The summed E-state index contributed by atoms with van der Waals surface area (Å²) < 4.78 is 55.2. The van der Waals surface area contributed by atoms with Crippen molar-refractivity contribution in [3.63, 3.8) is 0 Å². The van der Waals surface area contributed by atoms with Gasteiger partial charge in [0.1, 0.15) is 17.7 Å². The minimum absolute atomic E-state index is 0.00304. The third-order valence-corrected chi connectivity index (χ3v) is 6.87. The largest absolute Gasteiger partial charge is 0.391 e. The number of hydrogen-bond acceptors (Lipinski definition) is 8. The molecule has 0 amide bonds. The van der Waals surface area contributed by atoms with Crippen LogP contribution in [0.2, 0.25) is 5.02 Å². The Balaban J connectivity index is 0.000000348. The van der Waals surface area contributed by atoms with Gasteiger partial charge in [0.05, 0.1) is 41.7 Å². The number of halogens is 4. The number of fused-ring (bicyclic) bond motifs is 2. The van der Waals surface area contributed by atoms with E-state index in [0.717, 1.165) is 19.4 Å². The van der Waals surface area contributed by atoms with E-state index in [9.17, 15) is 8.78 Å². The SMILES string of the molecule is CC(C)n1c(N2CCOC3C2C3(F)F)nc2c(F)cc(-c3nc(N)ncc3Cl)cc21.OC1CCCOC1. The van der Waals surface area contributed by atoms with E-state index in [1.54, 1.807) is 10.6 Å². The monoisotopic (exact) mass is 540 g/mol. The van der Waals surface area contributed by atoms with Crippen LogP contribution in [-0.2, 0) is 9.47 Å². The number of anilines is 2. The molecule has 1 aromatic carbocycles. The molecule has 6 rings (SSSR count).